The Balaban J connectivity index is 2.30. The van der Waals surface area contributed by atoms with Gasteiger partial charge in [0, 0.05) is 6.54 Å². The fourth-order valence-corrected chi connectivity index (χ4v) is 2.03. The SMILES string of the molecule is NCc1ccccc1C1NCCC1O. The van der Waals surface area contributed by atoms with E-state index >= 15 is 0 Å². The van der Waals surface area contributed by atoms with Crippen LogP contribution in [-0.2, 0) is 6.54 Å². The molecular weight excluding hydrogens is 176 g/mol. The summed E-state index contributed by atoms with van der Waals surface area (Å²) < 4.78 is 0. The molecule has 0 aromatic heterocycles. The molecule has 0 radical (unpaired) electrons. The standard InChI is InChI=1S/C11H16N2O/c12-7-8-3-1-2-4-9(8)11-10(14)5-6-13-11/h1-4,10-11,13-14H,5-7,12H2. The van der Waals surface area contributed by atoms with Gasteiger partial charge >= 0.3 is 0 Å². The summed E-state index contributed by atoms with van der Waals surface area (Å²) in [5, 5.41) is 13.1. The van der Waals surface area contributed by atoms with Crippen molar-refractivity contribution in [3.05, 3.63) is 35.4 Å². The lowest BCUT2D eigenvalue weighted by atomic mass is 9.97. The maximum absolute atomic E-state index is 9.76. The predicted octanol–water partition coefficient (Wildman–Crippen LogP) is 0.541. The first-order chi connectivity index (χ1) is 6.83. The van der Waals surface area contributed by atoms with Crippen LogP contribution in [0.3, 0.4) is 0 Å². The lowest BCUT2D eigenvalue weighted by Crippen LogP contribution is -2.22. The molecule has 1 aliphatic heterocycles. The van der Waals surface area contributed by atoms with Crippen molar-refractivity contribution in [1.82, 2.24) is 5.32 Å². The van der Waals surface area contributed by atoms with Crippen molar-refractivity contribution < 1.29 is 5.11 Å². The second-order valence-corrected chi connectivity index (χ2v) is 3.69. The van der Waals surface area contributed by atoms with E-state index in [1.54, 1.807) is 0 Å². The predicted molar refractivity (Wildman–Crippen MR) is 55.7 cm³/mol. The van der Waals surface area contributed by atoms with Crippen molar-refractivity contribution in [3.63, 3.8) is 0 Å². The van der Waals surface area contributed by atoms with E-state index in [9.17, 15) is 5.11 Å². The summed E-state index contributed by atoms with van der Waals surface area (Å²) in [6.45, 7) is 1.41. The van der Waals surface area contributed by atoms with Crippen molar-refractivity contribution in [2.75, 3.05) is 6.54 Å². The molecule has 1 saturated heterocycles. The highest BCUT2D eigenvalue weighted by molar-refractivity contribution is 5.31. The van der Waals surface area contributed by atoms with Crippen molar-refractivity contribution in [2.45, 2.75) is 25.1 Å². The average Bonchev–Trinajstić information content (AvgIpc) is 2.64. The number of aliphatic hydroxyl groups is 1. The zero-order chi connectivity index (χ0) is 9.97. The van der Waals surface area contributed by atoms with Gasteiger partial charge in [-0.05, 0) is 24.1 Å². The van der Waals surface area contributed by atoms with Gasteiger partial charge in [0.2, 0.25) is 0 Å². The van der Waals surface area contributed by atoms with Crippen LogP contribution < -0.4 is 11.1 Å². The summed E-state index contributed by atoms with van der Waals surface area (Å²) in [4.78, 5) is 0. The summed E-state index contributed by atoms with van der Waals surface area (Å²) in [5.41, 5.74) is 7.91. The van der Waals surface area contributed by atoms with Gasteiger partial charge < -0.3 is 16.2 Å². The molecule has 2 atom stereocenters. The number of aliphatic hydroxyl groups excluding tert-OH is 1. The Bertz CT molecular complexity index is 314. The summed E-state index contributed by atoms with van der Waals surface area (Å²) in [6.07, 6.45) is 0.548. The van der Waals surface area contributed by atoms with Crippen molar-refractivity contribution in [3.8, 4) is 0 Å². The molecule has 0 saturated carbocycles. The Labute approximate surface area is 83.9 Å². The van der Waals surface area contributed by atoms with Gasteiger partial charge in [-0.15, -0.1) is 0 Å². The Hall–Kier alpha value is -0.900. The van der Waals surface area contributed by atoms with Crippen LogP contribution in [0, 0.1) is 0 Å². The molecule has 0 amide bonds. The second kappa shape index (κ2) is 4.09. The molecule has 14 heavy (non-hydrogen) atoms. The first-order valence-electron chi connectivity index (χ1n) is 5.02. The first-order valence-corrected chi connectivity index (χ1v) is 5.02. The third kappa shape index (κ3) is 1.66. The van der Waals surface area contributed by atoms with E-state index in [4.69, 9.17) is 5.73 Å². The highest BCUT2D eigenvalue weighted by atomic mass is 16.3. The summed E-state index contributed by atoms with van der Waals surface area (Å²) in [5.74, 6) is 0. The molecule has 0 aliphatic carbocycles. The van der Waals surface area contributed by atoms with Gasteiger partial charge in [0.05, 0.1) is 12.1 Å². The van der Waals surface area contributed by atoms with Crippen molar-refractivity contribution in [1.29, 1.82) is 0 Å². The molecule has 4 N–H and O–H groups in total. The number of hydrogen-bond donors (Lipinski definition) is 3. The van der Waals surface area contributed by atoms with Gasteiger partial charge in [-0.2, -0.15) is 0 Å². The van der Waals surface area contributed by atoms with Crippen LogP contribution in [0.15, 0.2) is 24.3 Å². The van der Waals surface area contributed by atoms with E-state index in [2.05, 4.69) is 5.32 Å². The maximum atomic E-state index is 9.76. The van der Waals surface area contributed by atoms with Crippen molar-refractivity contribution in [2.24, 2.45) is 5.73 Å². The van der Waals surface area contributed by atoms with Crippen LogP contribution in [0.4, 0.5) is 0 Å². The molecule has 3 nitrogen and oxygen atoms in total. The topological polar surface area (TPSA) is 58.3 Å². The van der Waals surface area contributed by atoms with Gasteiger partial charge in [0.1, 0.15) is 0 Å². The quantitative estimate of drug-likeness (QED) is 0.641. The fraction of sp³-hybridized carbons (Fsp3) is 0.455. The largest absolute Gasteiger partial charge is 0.391 e. The number of nitrogens with one attached hydrogen (secondary N) is 1. The lowest BCUT2D eigenvalue weighted by Gasteiger charge is -2.18. The molecule has 1 heterocycles. The molecule has 1 aromatic rings. The molecular formula is C11H16N2O. The molecule has 2 rings (SSSR count). The minimum Gasteiger partial charge on any atom is -0.391 e. The summed E-state index contributed by atoms with van der Waals surface area (Å²) in [7, 11) is 0. The minimum absolute atomic E-state index is 0.0646. The fourth-order valence-electron chi connectivity index (χ4n) is 2.03. The highest BCUT2D eigenvalue weighted by Crippen LogP contribution is 2.26. The number of nitrogens with two attached hydrogens (primary N) is 1. The zero-order valence-corrected chi connectivity index (χ0v) is 8.11. The van der Waals surface area contributed by atoms with E-state index in [0.717, 1.165) is 24.1 Å². The smallest absolute Gasteiger partial charge is 0.0747 e. The van der Waals surface area contributed by atoms with Crippen LogP contribution in [0.2, 0.25) is 0 Å². The second-order valence-electron chi connectivity index (χ2n) is 3.69. The Morgan fingerprint density at radius 2 is 2.21 bits per heavy atom. The Kier molecular flexibility index (Phi) is 2.82. The van der Waals surface area contributed by atoms with Crippen LogP contribution in [0.25, 0.3) is 0 Å². The number of benzene rings is 1. The molecule has 3 heteroatoms. The minimum atomic E-state index is -0.275. The van der Waals surface area contributed by atoms with Gasteiger partial charge in [0.15, 0.2) is 0 Å². The molecule has 76 valence electrons. The number of hydrogen-bond acceptors (Lipinski definition) is 3. The normalized spacial score (nSPS) is 26.7. The van der Waals surface area contributed by atoms with E-state index in [1.165, 1.54) is 0 Å². The Morgan fingerprint density at radius 3 is 2.86 bits per heavy atom. The summed E-state index contributed by atoms with van der Waals surface area (Å²) in [6, 6.07) is 8.08. The highest BCUT2D eigenvalue weighted by Gasteiger charge is 2.27. The third-order valence-corrected chi connectivity index (χ3v) is 2.80. The van der Waals surface area contributed by atoms with E-state index in [0.29, 0.717) is 6.54 Å². The van der Waals surface area contributed by atoms with E-state index < -0.39 is 0 Å². The van der Waals surface area contributed by atoms with Gasteiger partial charge in [-0.1, -0.05) is 24.3 Å². The molecule has 1 fully saturated rings. The zero-order valence-electron chi connectivity index (χ0n) is 8.11. The van der Waals surface area contributed by atoms with Crippen LogP contribution in [-0.4, -0.2) is 17.8 Å². The first kappa shape index (κ1) is 9.65. The molecule has 2 unspecified atom stereocenters. The van der Waals surface area contributed by atoms with Crippen molar-refractivity contribution >= 4 is 0 Å². The summed E-state index contributed by atoms with van der Waals surface area (Å²) >= 11 is 0. The molecule has 1 aliphatic rings. The van der Waals surface area contributed by atoms with E-state index in [-0.39, 0.29) is 12.1 Å². The lowest BCUT2D eigenvalue weighted by molar-refractivity contribution is 0.160. The molecule has 0 bridgehead atoms. The molecule has 0 spiro atoms. The van der Waals surface area contributed by atoms with Crippen LogP contribution >= 0.6 is 0 Å². The van der Waals surface area contributed by atoms with Gasteiger partial charge in [-0.3, -0.25) is 0 Å². The average molecular weight is 192 g/mol. The van der Waals surface area contributed by atoms with Crippen LogP contribution in [0.1, 0.15) is 23.6 Å². The monoisotopic (exact) mass is 192 g/mol. The third-order valence-electron chi connectivity index (χ3n) is 2.80. The Morgan fingerprint density at radius 1 is 1.43 bits per heavy atom. The van der Waals surface area contributed by atoms with Crippen LogP contribution in [0.5, 0.6) is 0 Å². The number of rotatable bonds is 2. The van der Waals surface area contributed by atoms with Gasteiger partial charge in [0.25, 0.3) is 0 Å². The van der Waals surface area contributed by atoms with E-state index in [1.807, 2.05) is 24.3 Å². The molecule has 1 aromatic carbocycles. The maximum Gasteiger partial charge on any atom is 0.0747 e. The van der Waals surface area contributed by atoms with Gasteiger partial charge in [-0.25, -0.2) is 0 Å².